The summed E-state index contributed by atoms with van der Waals surface area (Å²) in [6, 6.07) is 2.88. The second-order valence-corrected chi connectivity index (χ2v) is 4.30. The Morgan fingerprint density at radius 1 is 0.944 bits per heavy atom. The van der Waals surface area contributed by atoms with Gasteiger partial charge in [0.2, 0.25) is 0 Å². The lowest BCUT2D eigenvalue weighted by Gasteiger charge is -2.31. The van der Waals surface area contributed by atoms with Gasteiger partial charge in [-0.05, 0) is 25.5 Å². The van der Waals surface area contributed by atoms with Gasteiger partial charge in [0.15, 0.2) is 0 Å². The van der Waals surface area contributed by atoms with Crippen LogP contribution < -0.4 is 0 Å². The van der Waals surface area contributed by atoms with Crippen molar-refractivity contribution in [2.24, 2.45) is 0 Å². The molecule has 0 radical (unpaired) electrons. The van der Waals surface area contributed by atoms with Crippen molar-refractivity contribution >= 4 is 5.57 Å². The van der Waals surface area contributed by atoms with E-state index in [1.54, 1.807) is 13.0 Å². The summed E-state index contributed by atoms with van der Waals surface area (Å²) >= 11 is 0. The summed E-state index contributed by atoms with van der Waals surface area (Å²) in [5, 5.41) is 0. The zero-order valence-electron chi connectivity index (χ0n) is 9.85. The number of alkyl halides is 4. The minimum Gasteiger partial charge on any atom is -0.256 e. The maximum atomic E-state index is 13.8. The number of hydrogen-bond donors (Lipinski definition) is 0. The van der Waals surface area contributed by atoms with Crippen molar-refractivity contribution in [2.45, 2.75) is 25.7 Å². The van der Waals surface area contributed by atoms with E-state index in [1.807, 2.05) is 0 Å². The Hall–Kier alpha value is -1.65. The first kappa shape index (κ1) is 12.8. The molecule has 0 bridgehead atoms. The van der Waals surface area contributed by atoms with Gasteiger partial charge in [0, 0.05) is 11.8 Å². The van der Waals surface area contributed by atoms with Crippen molar-refractivity contribution in [1.82, 2.24) is 4.98 Å². The van der Waals surface area contributed by atoms with Gasteiger partial charge in [-0.3, -0.25) is 4.98 Å². The topological polar surface area (TPSA) is 12.9 Å². The Balaban J connectivity index is 2.54. The highest BCUT2D eigenvalue weighted by Gasteiger charge is 2.61. The predicted octanol–water partition coefficient (Wildman–Crippen LogP) is 4.00. The third-order valence-corrected chi connectivity index (χ3v) is 2.92. The predicted molar refractivity (Wildman–Crippen MR) is 60.6 cm³/mol. The zero-order valence-corrected chi connectivity index (χ0v) is 9.85. The average molecular weight is 257 g/mol. The largest absolute Gasteiger partial charge is 0.341 e. The number of aromatic nitrogens is 1. The molecule has 0 aliphatic heterocycles. The van der Waals surface area contributed by atoms with Crippen LogP contribution in [0.5, 0.6) is 0 Å². The first-order chi connectivity index (χ1) is 8.26. The van der Waals surface area contributed by atoms with Crippen LogP contribution in [0.25, 0.3) is 5.57 Å². The van der Waals surface area contributed by atoms with Crippen molar-refractivity contribution in [3.05, 3.63) is 47.3 Å². The molecule has 1 aliphatic carbocycles. The molecule has 0 fully saturated rings. The number of halogens is 4. The van der Waals surface area contributed by atoms with Gasteiger partial charge in [-0.25, -0.2) is 0 Å². The highest BCUT2D eigenvalue weighted by Crippen LogP contribution is 2.49. The second kappa shape index (κ2) is 3.93. The molecule has 1 aromatic heterocycles. The number of aryl methyl sites for hydroxylation is 1. The van der Waals surface area contributed by atoms with E-state index in [-0.39, 0.29) is 5.69 Å². The van der Waals surface area contributed by atoms with Crippen molar-refractivity contribution in [3.63, 3.8) is 0 Å². The second-order valence-electron chi connectivity index (χ2n) is 4.30. The van der Waals surface area contributed by atoms with E-state index in [9.17, 15) is 17.6 Å². The number of allylic oxidation sites excluding steroid dienone is 4. The summed E-state index contributed by atoms with van der Waals surface area (Å²) in [5.74, 6) is -8.42. The van der Waals surface area contributed by atoms with E-state index in [0.29, 0.717) is 0 Å². The van der Waals surface area contributed by atoms with E-state index < -0.39 is 23.0 Å². The smallest absolute Gasteiger partial charge is 0.256 e. The van der Waals surface area contributed by atoms with Crippen LogP contribution in [0, 0.1) is 6.92 Å². The number of nitrogens with zero attached hydrogens (tertiary/aromatic N) is 1. The van der Waals surface area contributed by atoms with Crippen molar-refractivity contribution in [1.29, 1.82) is 0 Å². The molecule has 0 saturated heterocycles. The summed E-state index contributed by atoms with van der Waals surface area (Å²) in [4.78, 5) is 3.78. The molecule has 0 amide bonds. The van der Waals surface area contributed by atoms with Crippen LogP contribution in [-0.4, -0.2) is 16.8 Å². The standard InChI is InChI=1S/C13H11F4N/c1-8-3-6-11(18-7-8)10-5-4-9(2)12(14,15)13(10,16)17/h3-7H,1-2H3. The highest BCUT2D eigenvalue weighted by atomic mass is 19.3. The third-order valence-electron chi connectivity index (χ3n) is 2.92. The monoisotopic (exact) mass is 257 g/mol. The van der Waals surface area contributed by atoms with Crippen molar-refractivity contribution < 1.29 is 17.6 Å². The van der Waals surface area contributed by atoms with Crippen LogP contribution in [-0.2, 0) is 0 Å². The van der Waals surface area contributed by atoms with Gasteiger partial charge in [0.1, 0.15) is 0 Å². The fourth-order valence-electron chi connectivity index (χ4n) is 1.71. The maximum absolute atomic E-state index is 13.8. The molecule has 1 aliphatic rings. The van der Waals surface area contributed by atoms with E-state index in [0.717, 1.165) is 24.6 Å². The molecule has 18 heavy (non-hydrogen) atoms. The average Bonchev–Trinajstić information content (AvgIpc) is 2.29. The van der Waals surface area contributed by atoms with Gasteiger partial charge in [0.05, 0.1) is 11.3 Å². The van der Waals surface area contributed by atoms with E-state index in [1.165, 1.54) is 12.3 Å². The molecule has 0 atom stereocenters. The molecule has 0 unspecified atom stereocenters. The summed E-state index contributed by atoms with van der Waals surface area (Å²) < 4.78 is 54.6. The fourth-order valence-corrected chi connectivity index (χ4v) is 1.71. The van der Waals surface area contributed by atoms with Crippen LogP contribution in [0.2, 0.25) is 0 Å². The molecule has 1 heterocycles. The SMILES string of the molecule is CC1=CC=C(c2ccc(C)cn2)C(F)(F)C1(F)F. The summed E-state index contributed by atoms with van der Waals surface area (Å²) in [5.41, 5.74) is -0.757. The lowest BCUT2D eigenvalue weighted by molar-refractivity contribution is -0.148. The Labute approximate surface area is 102 Å². The molecule has 0 saturated carbocycles. The number of rotatable bonds is 1. The molecule has 1 nitrogen and oxygen atoms in total. The Bertz CT molecular complexity index is 526. The molecule has 96 valence electrons. The highest BCUT2D eigenvalue weighted by molar-refractivity contribution is 5.73. The third kappa shape index (κ3) is 1.74. The lowest BCUT2D eigenvalue weighted by atomic mass is 9.89. The van der Waals surface area contributed by atoms with E-state index >= 15 is 0 Å². The summed E-state index contributed by atoms with van der Waals surface area (Å²) in [6.45, 7) is 2.73. The van der Waals surface area contributed by atoms with Gasteiger partial charge in [-0.15, -0.1) is 0 Å². The fraction of sp³-hybridized carbons (Fsp3) is 0.308. The van der Waals surface area contributed by atoms with Gasteiger partial charge in [-0.2, -0.15) is 17.6 Å². The van der Waals surface area contributed by atoms with Gasteiger partial charge >= 0.3 is 11.8 Å². The van der Waals surface area contributed by atoms with Gasteiger partial charge in [-0.1, -0.05) is 18.2 Å². The Morgan fingerprint density at radius 3 is 2.17 bits per heavy atom. The Kier molecular flexibility index (Phi) is 2.80. The molecule has 0 N–H and O–H groups in total. The minimum atomic E-state index is -4.24. The van der Waals surface area contributed by atoms with Crippen LogP contribution in [0.4, 0.5) is 17.6 Å². The normalized spacial score (nSPS) is 21.2. The molecule has 5 heteroatoms. The van der Waals surface area contributed by atoms with Crippen LogP contribution in [0.3, 0.4) is 0 Å². The first-order valence-electron chi connectivity index (χ1n) is 5.35. The van der Waals surface area contributed by atoms with Crippen molar-refractivity contribution in [3.8, 4) is 0 Å². The minimum absolute atomic E-state index is 0.131. The molecule has 0 aromatic carbocycles. The lowest BCUT2D eigenvalue weighted by Crippen LogP contribution is -2.44. The van der Waals surface area contributed by atoms with Gasteiger partial charge < -0.3 is 0 Å². The number of pyridine rings is 1. The maximum Gasteiger partial charge on any atom is 0.341 e. The zero-order chi connectivity index (χ0) is 13.6. The summed E-state index contributed by atoms with van der Waals surface area (Å²) in [6.07, 6.45) is 3.38. The quantitative estimate of drug-likeness (QED) is 0.693. The molecule has 2 rings (SSSR count). The molecule has 0 spiro atoms. The number of hydrogen-bond acceptors (Lipinski definition) is 1. The van der Waals surface area contributed by atoms with Crippen molar-refractivity contribution in [2.75, 3.05) is 0 Å². The van der Waals surface area contributed by atoms with E-state index in [4.69, 9.17) is 0 Å². The Morgan fingerprint density at radius 2 is 1.61 bits per heavy atom. The molecular formula is C13H11F4N. The molecule has 1 aromatic rings. The van der Waals surface area contributed by atoms with Crippen LogP contribution in [0.1, 0.15) is 18.2 Å². The van der Waals surface area contributed by atoms with Gasteiger partial charge in [0.25, 0.3) is 0 Å². The summed E-state index contributed by atoms with van der Waals surface area (Å²) in [7, 11) is 0. The van der Waals surface area contributed by atoms with Crippen LogP contribution in [0.15, 0.2) is 36.1 Å². The molecular weight excluding hydrogens is 246 g/mol. The van der Waals surface area contributed by atoms with E-state index in [2.05, 4.69) is 4.98 Å². The first-order valence-corrected chi connectivity index (χ1v) is 5.35. The van der Waals surface area contributed by atoms with Crippen LogP contribution >= 0.6 is 0 Å².